The number of unbranched alkanes of at least 4 members (excludes halogenated alkanes) is 7. The molecule has 8 aromatic rings. The average molecular weight is 1520 g/mol. The van der Waals surface area contributed by atoms with E-state index in [-0.39, 0.29) is 33.9 Å². The molecule has 8 aromatic carbocycles. The van der Waals surface area contributed by atoms with Crippen LogP contribution in [0, 0.1) is 32.6 Å². The van der Waals surface area contributed by atoms with E-state index < -0.39 is 0 Å². The van der Waals surface area contributed by atoms with Crippen LogP contribution in [0.4, 0.5) is 0 Å². The third-order valence-corrected chi connectivity index (χ3v) is 24.5. The van der Waals surface area contributed by atoms with Crippen LogP contribution in [0.15, 0.2) is 139 Å². The number of rotatable bonds is 17. The summed E-state index contributed by atoms with van der Waals surface area (Å²) in [4.78, 5) is 0. The van der Waals surface area contributed by atoms with Gasteiger partial charge in [-0.3, -0.25) is 0 Å². The first-order valence-corrected chi connectivity index (χ1v) is 42.5. The van der Waals surface area contributed by atoms with Gasteiger partial charge in [0.15, 0.2) is 0 Å². The van der Waals surface area contributed by atoms with Gasteiger partial charge < -0.3 is 49.2 Å². The number of phenols is 5. The predicted octanol–water partition coefficient (Wildman–Crippen LogP) is 27.5. The van der Waals surface area contributed by atoms with Gasteiger partial charge in [0.1, 0.15) is 85.5 Å². The van der Waals surface area contributed by atoms with Crippen molar-refractivity contribution in [2.24, 2.45) is 11.8 Å². The summed E-state index contributed by atoms with van der Waals surface area (Å²) in [5, 5.41) is 53.0. The van der Waals surface area contributed by atoms with E-state index in [0.717, 1.165) is 190 Å². The van der Waals surface area contributed by atoms with Gasteiger partial charge in [0.2, 0.25) is 0 Å². The second-order valence-corrected chi connectivity index (χ2v) is 36.0. The van der Waals surface area contributed by atoms with Crippen molar-refractivity contribution in [1.29, 1.82) is 0 Å². The Balaban J connectivity index is 0.000000138. The molecule has 4 atom stereocenters. The standard InChI is InChI=1S/2C21H30O2.C21H26O2.C20H24O2.C19H22O2/c3*1-5-6-7-8-15-12-18(22)20-16-11-14(2)9-10-17(16)21(3,4)23-19(20)13-15;1-5-6-7-14-11-17(21)19-15-10-13(2)8-9-16(15)20(3,4)22-18(19)12-14;1-5-6-13-10-16(20)18-14-9-12(2)7-8-15(14)19(3,4)21-17(18)11-13/h11-13,16-17,22H,5-10H2,1-4H3;9,12-13,16-17,22H,5-8,10-11H2,1-4H3;9-13,22H,5-8H2,1-4H3;8-12,21H,5-7H2,1-4H3;7-11,20H,5-6H2,1-4H3/t16-,17+;16-,17-;;;/m11.../s1. The highest BCUT2D eigenvalue weighted by molar-refractivity contribution is 5.85. The number of benzene rings is 8. The van der Waals surface area contributed by atoms with Crippen molar-refractivity contribution in [2.45, 2.75) is 313 Å². The Labute approximate surface area is 672 Å². The highest BCUT2D eigenvalue weighted by Gasteiger charge is 2.48. The smallest absolute Gasteiger partial charge is 0.132 e. The van der Waals surface area contributed by atoms with Gasteiger partial charge >= 0.3 is 0 Å². The number of fused-ring (bicyclic) bond motifs is 15. The Morgan fingerprint density at radius 2 is 0.696 bits per heavy atom. The van der Waals surface area contributed by atoms with Crippen molar-refractivity contribution < 1.29 is 49.2 Å². The van der Waals surface area contributed by atoms with E-state index in [1.54, 1.807) is 0 Å². The molecule has 5 heterocycles. The fourth-order valence-electron chi connectivity index (χ4n) is 18.5. The lowest BCUT2D eigenvalue weighted by atomic mass is 9.67. The summed E-state index contributed by atoms with van der Waals surface area (Å²) in [6, 6.07) is 39.3. The van der Waals surface area contributed by atoms with Crippen molar-refractivity contribution in [3.63, 3.8) is 0 Å². The molecule has 0 saturated heterocycles. The van der Waals surface area contributed by atoms with Crippen LogP contribution < -0.4 is 23.7 Å². The second kappa shape index (κ2) is 34.9. The SMILES string of the molecule is CCCCCc1cc(O)c2c(c1)OC(C)(C)[C@@H]1CC=C(C)C[C@@H]21.CCCCCc1cc(O)c2c(c1)OC(C)(C)[C@H]1CCC(C)=C[C@@H]21.CCCCCc1cc(O)c2c(c1)OC(C)(C)c1ccc(C)cc1-2.CCCCc1cc(O)c2c(c1)OC(C)(C)c1ccc(C)cc1-2.CCCc1cc(O)c2c(c1)OC(C)(C)c1ccc(C)cc1-2. The zero-order valence-corrected chi connectivity index (χ0v) is 71.6. The van der Waals surface area contributed by atoms with Crippen LogP contribution in [0.2, 0.25) is 0 Å². The van der Waals surface area contributed by atoms with Gasteiger partial charge in [0.25, 0.3) is 0 Å². The fraction of sp³-hybridized carbons (Fsp3) is 0.490. The Hall–Kier alpha value is -8.76. The number of aromatic hydroxyl groups is 5. The molecule has 5 aliphatic heterocycles. The van der Waals surface area contributed by atoms with E-state index in [4.69, 9.17) is 23.7 Å². The molecular formula is C102H132O10. The van der Waals surface area contributed by atoms with Gasteiger partial charge in [-0.2, -0.15) is 0 Å². The summed E-state index contributed by atoms with van der Waals surface area (Å²) in [5.41, 5.74) is 21.9. The molecule has 112 heavy (non-hydrogen) atoms. The molecular weight excluding hydrogens is 1390 g/mol. The van der Waals surface area contributed by atoms with E-state index in [1.165, 1.54) is 90.3 Å². The first-order chi connectivity index (χ1) is 53.1. The molecule has 5 N–H and O–H groups in total. The molecule has 0 aromatic heterocycles. The van der Waals surface area contributed by atoms with E-state index in [0.29, 0.717) is 46.5 Å². The van der Waals surface area contributed by atoms with Crippen molar-refractivity contribution in [1.82, 2.24) is 0 Å². The lowest BCUT2D eigenvalue weighted by Crippen LogP contribution is -2.45. The van der Waals surface area contributed by atoms with Crippen LogP contribution in [0.5, 0.6) is 57.5 Å². The summed E-state index contributed by atoms with van der Waals surface area (Å²) >= 11 is 0. The molecule has 0 radical (unpaired) electrons. The molecule has 15 rings (SSSR count). The van der Waals surface area contributed by atoms with Crippen molar-refractivity contribution in [3.05, 3.63) is 211 Å². The summed E-state index contributed by atoms with van der Waals surface area (Å²) in [7, 11) is 0. The van der Waals surface area contributed by atoms with E-state index >= 15 is 0 Å². The highest BCUT2D eigenvalue weighted by atomic mass is 16.5. The number of hydrogen-bond acceptors (Lipinski definition) is 10. The monoisotopic (exact) mass is 1520 g/mol. The Morgan fingerprint density at radius 1 is 0.348 bits per heavy atom. The molecule has 0 fully saturated rings. The van der Waals surface area contributed by atoms with Gasteiger partial charge in [-0.15, -0.1) is 0 Å². The molecule has 0 amide bonds. The van der Waals surface area contributed by atoms with Crippen LogP contribution in [-0.2, 0) is 48.9 Å². The highest BCUT2D eigenvalue weighted by Crippen LogP contribution is 2.58. The zero-order valence-electron chi connectivity index (χ0n) is 71.6. The van der Waals surface area contributed by atoms with Crippen molar-refractivity contribution >= 4 is 0 Å². The molecule has 2 aliphatic carbocycles. The van der Waals surface area contributed by atoms with Crippen LogP contribution in [-0.4, -0.2) is 36.7 Å². The Kier molecular flexibility index (Phi) is 26.2. The largest absolute Gasteiger partial charge is 0.508 e. The maximum atomic E-state index is 10.7. The summed E-state index contributed by atoms with van der Waals surface area (Å²) in [6.07, 6.45) is 28.1. The van der Waals surface area contributed by atoms with Gasteiger partial charge in [0.05, 0.1) is 16.7 Å². The van der Waals surface area contributed by atoms with Crippen LogP contribution >= 0.6 is 0 Å². The number of hydrogen-bond donors (Lipinski definition) is 5. The summed E-state index contributed by atoms with van der Waals surface area (Å²) < 4.78 is 31.4. The van der Waals surface area contributed by atoms with Crippen LogP contribution in [0.25, 0.3) is 33.4 Å². The van der Waals surface area contributed by atoms with Crippen LogP contribution in [0.1, 0.15) is 305 Å². The summed E-state index contributed by atoms with van der Waals surface area (Å²) in [5.74, 6) is 7.59. The normalized spacial score (nSPS) is 19.1. The second-order valence-electron chi connectivity index (χ2n) is 36.0. The van der Waals surface area contributed by atoms with E-state index in [2.05, 4.69) is 236 Å². The topological polar surface area (TPSA) is 147 Å². The average Bonchev–Trinajstić information content (AvgIpc) is 0.771. The number of aryl methyl sites for hydroxylation is 8. The van der Waals surface area contributed by atoms with Gasteiger partial charge in [-0.05, 0) is 292 Å². The fourth-order valence-corrected chi connectivity index (χ4v) is 18.5. The maximum Gasteiger partial charge on any atom is 0.132 e. The Bertz CT molecular complexity index is 4740. The third-order valence-electron chi connectivity index (χ3n) is 24.5. The minimum atomic E-state index is -0.384. The molecule has 0 spiro atoms. The lowest BCUT2D eigenvalue weighted by Gasteiger charge is -2.47. The van der Waals surface area contributed by atoms with E-state index in [9.17, 15) is 25.5 Å². The van der Waals surface area contributed by atoms with Crippen LogP contribution in [0.3, 0.4) is 0 Å². The van der Waals surface area contributed by atoms with Crippen molar-refractivity contribution in [3.8, 4) is 90.9 Å². The molecule has 600 valence electrons. The Morgan fingerprint density at radius 3 is 1.09 bits per heavy atom. The molecule has 10 heteroatoms. The number of allylic oxidation sites excluding steroid dienone is 4. The minimum Gasteiger partial charge on any atom is -0.508 e. The van der Waals surface area contributed by atoms with E-state index in [1.807, 2.05) is 30.3 Å². The molecule has 7 aliphatic rings. The molecule has 10 nitrogen and oxygen atoms in total. The zero-order chi connectivity index (χ0) is 80.9. The van der Waals surface area contributed by atoms with Gasteiger partial charge in [-0.1, -0.05) is 181 Å². The predicted molar refractivity (Wildman–Crippen MR) is 462 cm³/mol. The minimum absolute atomic E-state index is 0.177. The first kappa shape index (κ1) is 84.2. The van der Waals surface area contributed by atoms with Crippen molar-refractivity contribution in [2.75, 3.05) is 0 Å². The van der Waals surface area contributed by atoms with Gasteiger partial charge in [0, 0.05) is 51.5 Å². The number of ether oxygens (including phenoxy) is 5. The van der Waals surface area contributed by atoms with Gasteiger partial charge in [-0.25, -0.2) is 0 Å². The number of phenolic OH excluding ortho intramolecular Hbond substituents is 5. The molecule has 0 saturated carbocycles. The summed E-state index contributed by atoms with van der Waals surface area (Å²) in [6.45, 7) is 42.9. The first-order valence-electron chi connectivity index (χ1n) is 42.5. The third kappa shape index (κ3) is 18.7. The lowest BCUT2D eigenvalue weighted by molar-refractivity contribution is 0.00748. The maximum absolute atomic E-state index is 10.7. The molecule has 0 unspecified atom stereocenters. The quantitative estimate of drug-likeness (QED) is 0.0441. The molecule has 0 bridgehead atoms.